The molecule has 0 saturated carbocycles. The predicted molar refractivity (Wildman–Crippen MR) is 201 cm³/mol. The molecule has 8 N–H and O–H groups in total. The Morgan fingerprint density at radius 1 is 0.552 bits per heavy atom. The van der Waals surface area contributed by atoms with Gasteiger partial charge in [0, 0.05) is 10.8 Å². The quantitative estimate of drug-likeness (QED) is 0.0646. The number of hydrogen-bond donors (Lipinski definition) is 8. The molecule has 0 atom stereocenters. The number of halogens is 1. The van der Waals surface area contributed by atoms with Gasteiger partial charge in [0.1, 0.15) is 26.1 Å². The lowest BCUT2D eigenvalue weighted by Gasteiger charge is -2.15. The Hall–Kier alpha value is -5.53. The summed E-state index contributed by atoms with van der Waals surface area (Å²) >= 11 is 6.04. The van der Waals surface area contributed by atoms with E-state index in [9.17, 15) is 70.0 Å². The molecule has 0 unspecified atom stereocenters. The highest BCUT2D eigenvalue weighted by molar-refractivity contribution is 7.87. The van der Waals surface area contributed by atoms with E-state index in [1.165, 1.54) is 24.3 Å². The second kappa shape index (κ2) is 14.7. The van der Waals surface area contributed by atoms with Crippen LogP contribution >= 0.6 is 11.6 Å². The van der Waals surface area contributed by atoms with Crippen molar-refractivity contribution in [3.8, 4) is 5.75 Å². The lowest BCUT2D eigenvalue weighted by Crippen LogP contribution is -2.09. The van der Waals surface area contributed by atoms with Crippen LogP contribution in [0.15, 0.2) is 108 Å². The Kier molecular flexibility index (Phi) is 10.7. The second-order valence-corrected chi connectivity index (χ2v) is 18.8. The Morgan fingerprint density at radius 3 is 1.74 bits per heavy atom. The molecule has 0 bridgehead atoms. The van der Waals surface area contributed by atoms with E-state index in [-0.39, 0.29) is 5.39 Å². The van der Waals surface area contributed by atoms with Gasteiger partial charge < -0.3 is 15.7 Å². The van der Waals surface area contributed by atoms with E-state index in [2.05, 4.69) is 35.8 Å². The molecule has 29 heteroatoms. The van der Waals surface area contributed by atoms with Crippen LogP contribution in [0.25, 0.3) is 21.5 Å². The first-order valence-electron chi connectivity index (χ1n) is 15.0. The van der Waals surface area contributed by atoms with Gasteiger partial charge in [-0.05, 0) is 64.8 Å². The van der Waals surface area contributed by atoms with Gasteiger partial charge in [0.15, 0.2) is 5.75 Å². The van der Waals surface area contributed by atoms with Crippen LogP contribution in [-0.4, -0.2) is 84.9 Å². The molecule has 0 aliphatic heterocycles. The van der Waals surface area contributed by atoms with E-state index in [0.29, 0.717) is 29.7 Å². The van der Waals surface area contributed by atoms with Crippen molar-refractivity contribution >= 4 is 118 Å². The highest BCUT2D eigenvalue weighted by atomic mass is 35.5. The van der Waals surface area contributed by atoms with Crippen LogP contribution in [0.4, 0.5) is 34.6 Å². The van der Waals surface area contributed by atoms with Crippen LogP contribution in [0.5, 0.6) is 5.75 Å². The second-order valence-electron chi connectivity index (χ2n) is 11.5. The minimum Gasteiger partial charge on any atom is -0.505 e. The van der Waals surface area contributed by atoms with Crippen molar-refractivity contribution in [3.05, 3.63) is 78.1 Å². The largest absolute Gasteiger partial charge is 0.505 e. The highest BCUT2D eigenvalue weighted by Crippen LogP contribution is 2.46. The lowest BCUT2D eigenvalue weighted by atomic mass is 10.1. The summed E-state index contributed by atoms with van der Waals surface area (Å²) in [5.41, 5.74) is -2.77. The number of anilines is 4. The molecule has 23 nitrogen and oxygen atoms in total. The van der Waals surface area contributed by atoms with Gasteiger partial charge in [0.2, 0.25) is 17.2 Å². The lowest BCUT2D eigenvalue weighted by molar-refractivity contribution is 0.472. The fourth-order valence-electron chi connectivity index (χ4n) is 5.37. The van der Waals surface area contributed by atoms with E-state index in [1.807, 2.05) is 0 Å². The van der Waals surface area contributed by atoms with Crippen molar-refractivity contribution < 1.29 is 70.0 Å². The number of nitrogens with one attached hydrogen (secondary N) is 2. The van der Waals surface area contributed by atoms with Gasteiger partial charge in [-0.3, -0.25) is 22.8 Å². The third-order valence-corrected chi connectivity index (χ3v) is 12.3. The minimum absolute atomic E-state index is 0.0300. The molecule has 0 amide bonds. The smallest absolute Gasteiger partial charge is 0.297 e. The van der Waals surface area contributed by atoms with Gasteiger partial charge >= 0.3 is 0 Å². The molecular formula is C29H20ClN7O16S5. The summed E-state index contributed by atoms with van der Waals surface area (Å²) in [5.74, 6) is -2.48. The molecule has 6 aromatic rings. The van der Waals surface area contributed by atoms with Gasteiger partial charge in [-0.2, -0.15) is 57.0 Å². The molecule has 1 heterocycles. The SMILES string of the molecule is O=S(=O)(O)c1ccc(Nc2nc(Cl)nc(Nc3cc(S(=O)(=O)O)cc4cc(S(=O)(=O)O)c(N=Nc5ccc6ccccc6c5S(=O)(=O)O)c(O)c34)n2)c(S(=O)(=O)O)c1. The number of aromatic nitrogens is 3. The van der Waals surface area contributed by atoms with Crippen molar-refractivity contribution in [2.45, 2.75) is 24.5 Å². The molecule has 5 aromatic carbocycles. The molecule has 304 valence electrons. The topological polar surface area (TPSA) is 380 Å². The Balaban J connectivity index is 1.54. The van der Waals surface area contributed by atoms with Gasteiger partial charge in [-0.1, -0.05) is 30.3 Å². The van der Waals surface area contributed by atoms with Crippen molar-refractivity contribution in [1.29, 1.82) is 0 Å². The number of azo groups is 1. The van der Waals surface area contributed by atoms with Crippen LogP contribution in [0, 0.1) is 0 Å². The molecule has 0 radical (unpaired) electrons. The van der Waals surface area contributed by atoms with Crippen molar-refractivity contribution in [2.75, 3.05) is 10.6 Å². The third kappa shape index (κ3) is 8.80. The van der Waals surface area contributed by atoms with E-state index in [4.69, 9.17) is 11.6 Å². The van der Waals surface area contributed by atoms with Crippen LogP contribution in [0.1, 0.15) is 0 Å². The molecule has 0 saturated heterocycles. The summed E-state index contributed by atoms with van der Waals surface area (Å²) in [6.45, 7) is 0. The van der Waals surface area contributed by atoms with Crippen LogP contribution in [0.2, 0.25) is 5.28 Å². The molecule has 0 aliphatic carbocycles. The third-order valence-electron chi connectivity index (χ3n) is 7.70. The normalized spacial score (nSPS) is 13.0. The predicted octanol–water partition coefficient (Wildman–Crippen LogP) is 4.67. The molecule has 1 aromatic heterocycles. The average Bonchev–Trinajstić information content (AvgIpc) is 3.08. The maximum absolute atomic E-state index is 12.6. The van der Waals surface area contributed by atoms with Gasteiger partial charge in [-0.25, -0.2) is 0 Å². The van der Waals surface area contributed by atoms with E-state index in [1.54, 1.807) is 6.07 Å². The first kappa shape index (κ1) is 42.1. The van der Waals surface area contributed by atoms with Crippen molar-refractivity contribution in [1.82, 2.24) is 15.0 Å². The minimum atomic E-state index is -5.39. The first-order chi connectivity index (χ1) is 26.7. The van der Waals surface area contributed by atoms with E-state index < -0.39 is 132 Å². The van der Waals surface area contributed by atoms with Crippen LogP contribution in [-0.2, 0) is 50.6 Å². The van der Waals surface area contributed by atoms with Gasteiger partial charge in [-0.15, -0.1) is 10.2 Å². The fraction of sp³-hybridized carbons (Fsp3) is 0. The van der Waals surface area contributed by atoms with Gasteiger partial charge in [0.05, 0.1) is 21.2 Å². The van der Waals surface area contributed by atoms with Crippen molar-refractivity contribution in [3.63, 3.8) is 0 Å². The highest BCUT2D eigenvalue weighted by Gasteiger charge is 2.27. The molecule has 0 aliphatic rings. The van der Waals surface area contributed by atoms with E-state index >= 15 is 0 Å². The Labute approximate surface area is 330 Å². The number of phenolic OH excluding ortho intramolecular Hbond substituents is 1. The van der Waals surface area contributed by atoms with Crippen LogP contribution < -0.4 is 10.6 Å². The monoisotopic (exact) mass is 917 g/mol. The average molecular weight is 918 g/mol. The fourth-order valence-corrected chi connectivity index (χ4v) is 8.82. The number of hydrogen-bond acceptors (Lipinski definition) is 18. The summed E-state index contributed by atoms with van der Waals surface area (Å²) in [6.07, 6.45) is 0. The zero-order valence-electron chi connectivity index (χ0n) is 27.8. The number of phenols is 1. The summed E-state index contributed by atoms with van der Waals surface area (Å²) in [7, 11) is -25.7. The standard InChI is InChI=1S/C29H20ClN7O16S5/c30-27-33-28(31-18-8-6-15(54(39,40)41)12-21(18)56(45,46)47)35-29(34-27)32-20-11-16(55(42,43)44)9-14-10-22(57(48,49)50)24(25(38)23(14)20)37-36-19-7-5-13-3-1-2-4-17(13)26(19)58(51,52)53/h1-12,38H,(H,39,40,41)(H,42,43,44)(H,45,46,47)(H,48,49,50)(H,51,52,53)(H2,31,32,33,34,35). The van der Waals surface area contributed by atoms with Crippen LogP contribution in [0.3, 0.4) is 0 Å². The summed E-state index contributed by atoms with van der Waals surface area (Å²) < 4.78 is 171. The summed E-state index contributed by atoms with van der Waals surface area (Å²) in [5, 5.41) is 22.3. The Morgan fingerprint density at radius 2 is 1.16 bits per heavy atom. The zero-order valence-corrected chi connectivity index (χ0v) is 32.7. The summed E-state index contributed by atoms with van der Waals surface area (Å²) in [6, 6.07) is 12.2. The van der Waals surface area contributed by atoms with Crippen molar-refractivity contribution in [2.24, 2.45) is 10.2 Å². The Bertz CT molecular complexity index is 3350. The first-order valence-corrected chi connectivity index (χ1v) is 22.5. The van der Waals surface area contributed by atoms with Gasteiger partial charge in [0.25, 0.3) is 50.6 Å². The zero-order chi connectivity index (χ0) is 42.7. The number of fused-ring (bicyclic) bond motifs is 2. The molecule has 0 spiro atoms. The molecule has 6 rings (SSSR count). The molecule has 0 fully saturated rings. The molecule has 58 heavy (non-hydrogen) atoms. The molecular weight excluding hydrogens is 898 g/mol. The maximum Gasteiger partial charge on any atom is 0.297 e. The number of benzene rings is 5. The number of aromatic hydroxyl groups is 1. The van der Waals surface area contributed by atoms with E-state index in [0.717, 1.165) is 18.2 Å². The number of rotatable bonds is 11. The maximum atomic E-state index is 12.6. The number of nitrogens with zero attached hydrogens (tertiary/aromatic N) is 5. The summed E-state index contributed by atoms with van der Waals surface area (Å²) in [4.78, 5) is 6.52.